The minimum absolute atomic E-state index is 0.585. The highest BCUT2D eigenvalue weighted by molar-refractivity contribution is 7.80. The van der Waals surface area contributed by atoms with Crippen molar-refractivity contribution in [3.8, 4) is 0 Å². The molecule has 3 nitrogen and oxygen atoms in total. The van der Waals surface area contributed by atoms with Gasteiger partial charge in [-0.2, -0.15) is 0 Å². The van der Waals surface area contributed by atoms with Gasteiger partial charge < -0.3 is 10.6 Å². The molecule has 0 spiro atoms. The van der Waals surface area contributed by atoms with Gasteiger partial charge in [0.1, 0.15) is 0 Å². The number of rotatable bonds is 2. The first-order chi connectivity index (χ1) is 8.22. The lowest BCUT2D eigenvalue weighted by atomic mass is 10.2. The largest absolute Gasteiger partial charge is 0.363 e. The fourth-order valence-corrected chi connectivity index (χ4v) is 2.04. The van der Waals surface area contributed by atoms with E-state index in [-0.39, 0.29) is 0 Å². The number of aromatic nitrogens is 1. The molecule has 1 aromatic heterocycles. The van der Waals surface area contributed by atoms with Gasteiger partial charge in [0.25, 0.3) is 0 Å². The summed E-state index contributed by atoms with van der Waals surface area (Å²) in [5.74, 6) is 0. The van der Waals surface area contributed by atoms with Crippen molar-refractivity contribution in [3.05, 3.63) is 35.5 Å². The van der Waals surface area contributed by atoms with E-state index in [0.717, 1.165) is 23.1 Å². The van der Waals surface area contributed by atoms with Crippen LogP contribution < -0.4 is 10.6 Å². The van der Waals surface area contributed by atoms with Crippen LogP contribution in [0.5, 0.6) is 0 Å². The van der Waals surface area contributed by atoms with Crippen LogP contribution >= 0.6 is 23.8 Å². The second kappa shape index (κ2) is 5.29. The van der Waals surface area contributed by atoms with Gasteiger partial charge in [-0.3, -0.25) is 4.98 Å². The van der Waals surface area contributed by atoms with Gasteiger partial charge in [-0.1, -0.05) is 11.6 Å². The molecule has 17 heavy (non-hydrogen) atoms. The van der Waals surface area contributed by atoms with Gasteiger partial charge in [0.15, 0.2) is 5.11 Å². The van der Waals surface area contributed by atoms with Crippen molar-refractivity contribution in [2.45, 2.75) is 6.92 Å². The lowest BCUT2D eigenvalue weighted by Crippen LogP contribution is -2.28. The molecule has 0 aliphatic carbocycles. The Hall–Kier alpha value is -1.39. The highest BCUT2D eigenvalue weighted by atomic mass is 35.5. The Labute approximate surface area is 110 Å². The van der Waals surface area contributed by atoms with Gasteiger partial charge in [0.2, 0.25) is 0 Å². The van der Waals surface area contributed by atoms with Crippen molar-refractivity contribution in [1.29, 1.82) is 0 Å². The zero-order valence-corrected chi connectivity index (χ0v) is 10.9. The van der Waals surface area contributed by atoms with Crippen molar-refractivity contribution in [2.24, 2.45) is 0 Å². The standard InChI is InChI=1S/C12H12ClN3S/c1-2-14-12(17)16-10-6-5-9(13)8-4-3-7-15-11(8)10/h3-7H,2H2,1H3,(H2,14,16,17). The molecule has 2 N–H and O–H groups in total. The molecule has 0 amide bonds. The third kappa shape index (κ3) is 2.65. The van der Waals surface area contributed by atoms with Gasteiger partial charge in [-0.25, -0.2) is 0 Å². The van der Waals surface area contributed by atoms with E-state index in [0.29, 0.717) is 10.1 Å². The number of halogens is 1. The Morgan fingerprint density at radius 3 is 3.00 bits per heavy atom. The predicted octanol–water partition coefficient (Wildman–Crippen LogP) is 3.19. The van der Waals surface area contributed by atoms with Crippen LogP contribution in [-0.4, -0.2) is 16.6 Å². The summed E-state index contributed by atoms with van der Waals surface area (Å²) >= 11 is 11.3. The summed E-state index contributed by atoms with van der Waals surface area (Å²) in [6, 6.07) is 7.51. The first-order valence-electron chi connectivity index (χ1n) is 5.30. The minimum atomic E-state index is 0.585. The lowest BCUT2D eigenvalue weighted by molar-refractivity contribution is 0.979. The first-order valence-corrected chi connectivity index (χ1v) is 6.09. The topological polar surface area (TPSA) is 37.0 Å². The van der Waals surface area contributed by atoms with Crippen molar-refractivity contribution in [1.82, 2.24) is 10.3 Å². The van der Waals surface area contributed by atoms with Crippen LogP contribution in [0.2, 0.25) is 5.02 Å². The molecule has 1 heterocycles. The van der Waals surface area contributed by atoms with Crippen LogP contribution in [0.3, 0.4) is 0 Å². The summed E-state index contributed by atoms with van der Waals surface area (Å²) in [7, 11) is 0. The monoisotopic (exact) mass is 265 g/mol. The molecule has 1 aromatic carbocycles. The second-order valence-corrected chi connectivity index (χ2v) is 4.29. The van der Waals surface area contributed by atoms with Crippen molar-refractivity contribution >= 4 is 45.5 Å². The van der Waals surface area contributed by atoms with Gasteiger partial charge >= 0.3 is 0 Å². The molecule has 5 heteroatoms. The molecule has 0 saturated heterocycles. The van der Waals surface area contributed by atoms with Crippen LogP contribution in [0.25, 0.3) is 10.9 Å². The third-order valence-electron chi connectivity index (χ3n) is 2.30. The molecule has 0 aliphatic rings. The van der Waals surface area contributed by atoms with Gasteiger partial charge in [-0.15, -0.1) is 0 Å². The second-order valence-electron chi connectivity index (χ2n) is 3.48. The maximum absolute atomic E-state index is 6.11. The predicted molar refractivity (Wildman–Crippen MR) is 76.7 cm³/mol. The van der Waals surface area contributed by atoms with Gasteiger partial charge in [0.05, 0.1) is 16.2 Å². The van der Waals surface area contributed by atoms with Crippen LogP contribution in [0.4, 0.5) is 5.69 Å². The van der Waals surface area contributed by atoms with Crippen LogP contribution in [0.15, 0.2) is 30.5 Å². The summed E-state index contributed by atoms with van der Waals surface area (Å²) in [6.07, 6.45) is 1.74. The van der Waals surface area contributed by atoms with E-state index in [2.05, 4.69) is 15.6 Å². The van der Waals surface area contributed by atoms with E-state index >= 15 is 0 Å². The molecular weight excluding hydrogens is 254 g/mol. The first kappa shape index (κ1) is 12.1. The molecule has 0 aliphatic heterocycles. The zero-order chi connectivity index (χ0) is 12.3. The molecule has 2 aromatic rings. The number of fused-ring (bicyclic) bond motifs is 1. The Morgan fingerprint density at radius 1 is 1.41 bits per heavy atom. The molecule has 0 unspecified atom stereocenters. The fraction of sp³-hybridized carbons (Fsp3) is 0.167. The molecule has 88 valence electrons. The van der Waals surface area contributed by atoms with E-state index in [1.165, 1.54) is 0 Å². The van der Waals surface area contributed by atoms with E-state index in [9.17, 15) is 0 Å². The van der Waals surface area contributed by atoms with E-state index in [1.54, 1.807) is 6.20 Å². The number of hydrogen-bond acceptors (Lipinski definition) is 2. The highest BCUT2D eigenvalue weighted by Gasteiger charge is 2.06. The van der Waals surface area contributed by atoms with Crippen molar-refractivity contribution in [3.63, 3.8) is 0 Å². The molecule has 2 rings (SSSR count). The van der Waals surface area contributed by atoms with Crippen LogP contribution in [0, 0.1) is 0 Å². The number of benzene rings is 1. The zero-order valence-electron chi connectivity index (χ0n) is 9.33. The summed E-state index contributed by atoms with van der Waals surface area (Å²) in [4.78, 5) is 4.32. The van der Waals surface area contributed by atoms with E-state index in [1.807, 2.05) is 31.2 Å². The summed E-state index contributed by atoms with van der Waals surface area (Å²) in [5, 5.41) is 8.33. The Bertz CT molecular complexity index is 556. The van der Waals surface area contributed by atoms with Crippen LogP contribution in [0.1, 0.15) is 6.92 Å². The van der Waals surface area contributed by atoms with Crippen molar-refractivity contribution in [2.75, 3.05) is 11.9 Å². The molecule has 0 bridgehead atoms. The van der Waals surface area contributed by atoms with Gasteiger partial charge in [0, 0.05) is 18.1 Å². The fourth-order valence-electron chi connectivity index (χ4n) is 1.57. The summed E-state index contributed by atoms with van der Waals surface area (Å²) in [6.45, 7) is 2.77. The van der Waals surface area contributed by atoms with Gasteiger partial charge in [-0.05, 0) is 43.4 Å². The smallest absolute Gasteiger partial charge is 0.170 e. The Kier molecular flexibility index (Phi) is 3.76. The lowest BCUT2D eigenvalue weighted by Gasteiger charge is -2.11. The number of pyridine rings is 1. The van der Waals surface area contributed by atoms with E-state index < -0.39 is 0 Å². The molecule has 0 radical (unpaired) electrons. The molecule has 0 atom stereocenters. The summed E-state index contributed by atoms with van der Waals surface area (Å²) < 4.78 is 0. The molecule has 0 saturated carbocycles. The maximum atomic E-state index is 6.11. The SMILES string of the molecule is CCNC(=S)Nc1ccc(Cl)c2cccnc12. The minimum Gasteiger partial charge on any atom is -0.363 e. The Morgan fingerprint density at radius 2 is 2.24 bits per heavy atom. The number of anilines is 1. The number of thiocarbonyl (C=S) groups is 1. The normalized spacial score (nSPS) is 10.2. The number of nitrogens with one attached hydrogen (secondary N) is 2. The average molecular weight is 266 g/mol. The third-order valence-corrected chi connectivity index (χ3v) is 2.88. The maximum Gasteiger partial charge on any atom is 0.170 e. The average Bonchev–Trinajstić information content (AvgIpc) is 2.34. The molecular formula is C12H12ClN3S. The van der Waals surface area contributed by atoms with Crippen molar-refractivity contribution < 1.29 is 0 Å². The highest BCUT2D eigenvalue weighted by Crippen LogP contribution is 2.27. The number of hydrogen-bond donors (Lipinski definition) is 2. The quantitative estimate of drug-likeness (QED) is 0.818. The van der Waals surface area contributed by atoms with E-state index in [4.69, 9.17) is 23.8 Å². The number of nitrogens with zero attached hydrogens (tertiary/aromatic N) is 1. The Balaban J connectivity index is 2.41. The van der Waals surface area contributed by atoms with Crippen LogP contribution in [-0.2, 0) is 0 Å². The summed E-state index contributed by atoms with van der Waals surface area (Å²) in [5.41, 5.74) is 1.68. The molecule has 0 fully saturated rings.